The van der Waals surface area contributed by atoms with E-state index < -0.39 is 0 Å². The van der Waals surface area contributed by atoms with E-state index in [0.717, 1.165) is 36.3 Å². The third kappa shape index (κ3) is 5.95. The van der Waals surface area contributed by atoms with Gasteiger partial charge in [0.15, 0.2) is 11.5 Å². The van der Waals surface area contributed by atoms with E-state index in [4.69, 9.17) is 9.47 Å². The van der Waals surface area contributed by atoms with Crippen molar-refractivity contribution in [2.45, 2.75) is 25.4 Å². The molecule has 0 bridgehead atoms. The number of benzene rings is 3. The van der Waals surface area contributed by atoms with Gasteiger partial charge in [-0.15, -0.1) is 0 Å². The summed E-state index contributed by atoms with van der Waals surface area (Å²) in [6.07, 6.45) is 1.70. The summed E-state index contributed by atoms with van der Waals surface area (Å²) in [5.74, 6) is 1.48. The van der Waals surface area contributed by atoms with Crippen molar-refractivity contribution < 1.29 is 14.3 Å². The molecule has 35 heavy (non-hydrogen) atoms. The van der Waals surface area contributed by atoms with Crippen LogP contribution in [-0.2, 0) is 24.2 Å². The Labute approximate surface area is 208 Å². The van der Waals surface area contributed by atoms with Crippen LogP contribution in [0.5, 0.6) is 11.5 Å². The van der Waals surface area contributed by atoms with E-state index in [9.17, 15) is 4.79 Å². The van der Waals surface area contributed by atoms with Crippen LogP contribution >= 0.6 is 0 Å². The van der Waals surface area contributed by atoms with E-state index in [0.29, 0.717) is 18.8 Å². The van der Waals surface area contributed by atoms with Gasteiger partial charge < -0.3 is 19.7 Å². The molecule has 0 fully saturated rings. The lowest BCUT2D eigenvalue weighted by molar-refractivity contribution is -0.123. The predicted molar refractivity (Wildman–Crippen MR) is 140 cm³/mol. The van der Waals surface area contributed by atoms with Crippen molar-refractivity contribution in [2.75, 3.05) is 46.3 Å². The molecule has 0 aliphatic carbocycles. The highest BCUT2D eigenvalue weighted by atomic mass is 16.5. The van der Waals surface area contributed by atoms with Crippen LogP contribution in [0.15, 0.2) is 66.7 Å². The molecule has 0 saturated heterocycles. The molecule has 4 rings (SSSR count). The van der Waals surface area contributed by atoms with Crippen molar-refractivity contribution in [3.05, 3.63) is 89.0 Å². The average molecular weight is 474 g/mol. The largest absolute Gasteiger partial charge is 0.493 e. The van der Waals surface area contributed by atoms with Crippen molar-refractivity contribution in [1.29, 1.82) is 0 Å². The molecule has 0 radical (unpaired) electrons. The molecule has 6 nitrogen and oxygen atoms in total. The molecule has 1 amide bonds. The number of anilines is 1. The van der Waals surface area contributed by atoms with Crippen LogP contribution < -0.4 is 19.7 Å². The maximum atomic E-state index is 12.9. The quantitative estimate of drug-likeness (QED) is 0.504. The SMILES string of the molecule is COc1ccc(CC2c3ccc(N(C)C)cc3CCN2CC(=O)NCc2ccccc2)cc1OC. The van der Waals surface area contributed by atoms with Gasteiger partial charge in [-0.25, -0.2) is 0 Å². The Morgan fingerprint density at radius 2 is 1.74 bits per heavy atom. The number of hydrogen-bond acceptors (Lipinski definition) is 5. The molecule has 3 aromatic carbocycles. The van der Waals surface area contributed by atoms with Crippen LogP contribution in [0.25, 0.3) is 0 Å². The lowest BCUT2D eigenvalue weighted by Gasteiger charge is -2.37. The first kappa shape index (κ1) is 24.6. The smallest absolute Gasteiger partial charge is 0.234 e. The molecule has 1 N–H and O–H groups in total. The Bertz CT molecular complexity index is 1150. The predicted octanol–water partition coefficient (Wildman–Crippen LogP) is 4.23. The van der Waals surface area contributed by atoms with E-state index in [-0.39, 0.29) is 11.9 Å². The molecule has 0 spiro atoms. The van der Waals surface area contributed by atoms with Gasteiger partial charge in [0.25, 0.3) is 0 Å². The minimum Gasteiger partial charge on any atom is -0.493 e. The summed E-state index contributed by atoms with van der Waals surface area (Å²) in [7, 11) is 7.43. The number of hydrogen-bond donors (Lipinski definition) is 1. The molecule has 0 saturated carbocycles. The molecule has 1 atom stereocenters. The molecular formula is C29H35N3O3. The van der Waals surface area contributed by atoms with Crippen LogP contribution in [0, 0.1) is 0 Å². The van der Waals surface area contributed by atoms with Gasteiger partial charge in [0, 0.05) is 38.9 Å². The van der Waals surface area contributed by atoms with Gasteiger partial charge in [-0.05, 0) is 59.4 Å². The van der Waals surface area contributed by atoms with Crippen LogP contribution in [0.1, 0.15) is 28.3 Å². The number of carbonyl (C=O) groups is 1. The molecule has 0 aromatic heterocycles. The first-order valence-corrected chi connectivity index (χ1v) is 12.0. The summed E-state index contributed by atoms with van der Waals surface area (Å²) in [6, 6.07) is 22.9. The first-order chi connectivity index (χ1) is 17.0. The van der Waals surface area contributed by atoms with Gasteiger partial charge in [0.2, 0.25) is 5.91 Å². The Morgan fingerprint density at radius 1 is 0.971 bits per heavy atom. The average Bonchev–Trinajstić information content (AvgIpc) is 2.88. The van der Waals surface area contributed by atoms with E-state index in [2.05, 4.69) is 53.5 Å². The van der Waals surface area contributed by atoms with Gasteiger partial charge in [0.1, 0.15) is 0 Å². The lowest BCUT2D eigenvalue weighted by atomic mass is 9.88. The van der Waals surface area contributed by atoms with Crippen LogP contribution in [0.3, 0.4) is 0 Å². The zero-order valence-corrected chi connectivity index (χ0v) is 21.1. The van der Waals surface area contributed by atoms with Crippen molar-refractivity contribution >= 4 is 11.6 Å². The standard InChI is InChI=1S/C29H35N3O3/c1-31(2)24-11-12-25-23(18-24)14-15-32(20-29(33)30-19-21-8-6-5-7-9-21)26(25)16-22-10-13-27(34-3)28(17-22)35-4/h5-13,17-18,26H,14-16,19-20H2,1-4H3,(H,30,33). The minimum absolute atomic E-state index is 0.0412. The molecule has 1 aliphatic rings. The fraction of sp³-hybridized carbons (Fsp3) is 0.345. The molecule has 184 valence electrons. The number of carbonyl (C=O) groups excluding carboxylic acids is 1. The number of ether oxygens (including phenoxy) is 2. The summed E-state index contributed by atoms with van der Waals surface area (Å²) in [5.41, 5.74) is 6.08. The Morgan fingerprint density at radius 3 is 2.46 bits per heavy atom. The van der Waals surface area contributed by atoms with E-state index in [1.165, 1.54) is 16.8 Å². The van der Waals surface area contributed by atoms with Crippen molar-refractivity contribution in [3.63, 3.8) is 0 Å². The third-order valence-corrected chi connectivity index (χ3v) is 6.67. The molecular weight excluding hydrogens is 438 g/mol. The minimum atomic E-state index is 0.0412. The Kier molecular flexibility index (Phi) is 7.93. The van der Waals surface area contributed by atoms with Gasteiger partial charge in [-0.3, -0.25) is 9.69 Å². The van der Waals surface area contributed by atoms with E-state index in [1.54, 1.807) is 14.2 Å². The van der Waals surface area contributed by atoms with Gasteiger partial charge in [-0.2, -0.15) is 0 Å². The maximum absolute atomic E-state index is 12.9. The van der Waals surface area contributed by atoms with Crippen LogP contribution in [0.2, 0.25) is 0 Å². The van der Waals surface area contributed by atoms with Crippen molar-refractivity contribution in [2.24, 2.45) is 0 Å². The van der Waals surface area contributed by atoms with Crippen molar-refractivity contribution in [3.8, 4) is 11.5 Å². The monoisotopic (exact) mass is 473 g/mol. The van der Waals surface area contributed by atoms with E-state index in [1.807, 2.05) is 42.5 Å². The highest BCUT2D eigenvalue weighted by molar-refractivity contribution is 5.78. The topological polar surface area (TPSA) is 54.0 Å². The van der Waals surface area contributed by atoms with Gasteiger partial charge in [0.05, 0.1) is 20.8 Å². The molecule has 6 heteroatoms. The van der Waals surface area contributed by atoms with Crippen LogP contribution in [-0.4, -0.2) is 52.2 Å². The summed E-state index contributed by atoms with van der Waals surface area (Å²) < 4.78 is 11.0. The Hall–Kier alpha value is -3.51. The highest BCUT2D eigenvalue weighted by Gasteiger charge is 2.29. The number of rotatable bonds is 9. The fourth-order valence-corrected chi connectivity index (χ4v) is 4.72. The summed E-state index contributed by atoms with van der Waals surface area (Å²) in [4.78, 5) is 17.4. The second-order valence-corrected chi connectivity index (χ2v) is 9.17. The second kappa shape index (κ2) is 11.3. The molecule has 1 unspecified atom stereocenters. The number of amides is 1. The second-order valence-electron chi connectivity index (χ2n) is 9.17. The molecule has 1 aliphatic heterocycles. The highest BCUT2D eigenvalue weighted by Crippen LogP contribution is 2.36. The number of nitrogens with one attached hydrogen (secondary N) is 1. The van der Waals surface area contributed by atoms with E-state index >= 15 is 0 Å². The summed E-state index contributed by atoms with van der Waals surface area (Å²) in [6.45, 7) is 1.73. The summed E-state index contributed by atoms with van der Waals surface area (Å²) >= 11 is 0. The normalized spacial score (nSPS) is 15.3. The molecule has 1 heterocycles. The van der Waals surface area contributed by atoms with Gasteiger partial charge >= 0.3 is 0 Å². The zero-order valence-electron chi connectivity index (χ0n) is 21.1. The maximum Gasteiger partial charge on any atom is 0.234 e. The van der Waals surface area contributed by atoms with Crippen LogP contribution in [0.4, 0.5) is 5.69 Å². The zero-order chi connectivity index (χ0) is 24.8. The number of fused-ring (bicyclic) bond motifs is 1. The Balaban J connectivity index is 1.57. The van der Waals surface area contributed by atoms with Gasteiger partial charge in [-0.1, -0.05) is 42.5 Å². The first-order valence-electron chi connectivity index (χ1n) is 12.0. The fourth-order valence-electron chi connectivity index (χ4n) is 4.72. The molecule has 3 aromatic rings. The summed E-state index contributed by atoms with van der Waals surface area (Å²) in [5, 5.41) is 3.09. The lowest BCUT2D eigenvalue weighted by Crippen LogP contribution is -2.43. The number of nitrogens with zero attached hydrogens (tertiary/aromatic N) is 2. The third-order valence-electron chi connectivity index (χ3n) is 6.67. The van der Waals surface area contributed by atoms with Crippen molar-refractivity contribution in [1.82, 2.24) is 10.2 Å². The number of methoxy groups -OCH3 is 2.